The third-order valence-corrected chi connectivity index (χ3v) is 5.69. The largest absolute Gasteiger partial charge is 0.351 e. The number of benzene rings is 1. The lowest BCUT2D eigenvalue weighted by atomic mass is 9.85. The van der Waals surface area contributed by atoms with E-state index in [2.05, 4.69) is 15.4 Å². The molecular weight excluding hydrogens is 371 g/mol. The molecule has 3 heterocycles. The molecule has 150 valence electrons. The molecule has 1 aromatic heterocycles. The van der Waals surface area contributed by atoms with Gasteiger partial charge in [-0.3, -0.25) is 4.79 Å². The van der Waals surface area contributed by atoms with Crippen LogP contribution in [0.4, 0.5) is 19.1 Å². The second-order valence-electron chi connectivity index (χ2n) is 7.44. The minimum atomic E-state index is -2.50. The third kappa shape index (κ3) is 3.83. The van der Waals surface area contributed by atoms with Crippen LogP contribution < -0.4 is 5.32 Å². The van der Waals surface area contributed by atoms with Crippen LogP contribution in [0.1, 0.15) is 30.9 Å². The molecule has 2 aliphatic heterocycles. The third-order valence-electron chi connectivity index (χ3n) is 5.69. The molecule has 0 bridgehead atoms. The van der Waals surface area contributed by atoms with Crippen LogP contribution >= 0.6 is 0 Å². The highest BCUT2D eigenvalue weighted by molar-refractivity contribution is 5.78. The Morgan fingerprint density at radius 3 is 2.79 bits per heavy atom. The molecule has 0 radical (unpaired) electrons. The highest BCUT2D eigenvalue weighted by Gasteiger charge is 2.38. The zero-order chi connectivity index (χ0) is 19.7. The number of amides is 1. The maximum atomic E-state index is 13.4. The van der Waals surface area contributed by atoms with Gasteiger partial charge in [-0.15, -0.1) is 0 Å². The summed E-state index contributed by atoms with van der Waals surface area (Å²) in [7, 11) is 0. The van der Waals surface area contributed by atoms with E-state index in [9.17, 15) is 18.0 Å². The van der Waals surface area contributed by atoms with Gasteiger partial charge in [0.2, 0.25) is 11.9 Å². The van der Waals surface area contributed by atoms with Crippen molar-refractivity contribution < 1.29 is 18.0 Å². The van der Waals surface area contributed by atoms with E-state index in [1.54, 1.807) is 17.0 Å². The van der Waals surface area contributed by atoms with Crippen molar-refractivity contribution in [3.63, 3.8) is 0 Å². The van der Waals surface area contributed by atoms with E-state index in [1.165, 1.54) is 23.1 Å². The SMILES string of the molecule is O=C(Cc1cccc(F)c1)N1CCC([C@@H]2C[C@H](C(F)F)n3ncnc3N2)CC1. The van der Waals surface area contributed by atoms with Crippen molar-refractivity contribution in [3.8, 4) is 0 Å². The van der Waals surface area contributed by atoms with Crippen molar-refractivity contribution in [1.82, 2.24) is 19.7 Å². The van der Waals surface area contributed by atoms with Crippen molar-refractivity contribution in [1.29, 1.82) is 0 Å². The summed E-state index contributed by atoms with van der Waals surface area (Å²) in [6, 6.07) is 4.96. The van der Waals surface area contributed by atoms with E-state index in [-0.39, 0.29) is 36.5 Å². The summed E-state index contributed by atoms with van der Waals surface area (Å²) in [5, 5.41) is 7.14. The number of piperidine rings is 1. The second-order valence-corrected chi connectivity index (χ2v) is 7.44. The molecule has 1 aromatic carbocycles. The number of nitrogens with zero attached hydrogens (tertiary/aromatic N) is 4. The average molecular weight is 393 g/mol. The van der Waals surface area contributed by atoms with Gasteiger partial charge in [0.1, 0.15) is 18.2 Å². The van der Waals surface area contributed by atoms with E-state index in [1.807, 2.05) is 0 Å². The Labute approximate surface area is 160 Å². The molecule has 2 aliphatic rings. The first-order chi connectivity index (χ1) is 13.5. The van der Waals surface area contributed by atoms with Gasteiger partial charge in [-0.05, 0) is 42.9 Å². The summed E-state index contributed by atoms with van der Waals surface area (Å²) in [6.07, 6.45) is 0.704. The molecule has 6 nitrogen and oxygen atoms in total. The van der Waals surface area contributed by atoms with Crippen molar-refractivity contribution in [2.45, 2.75) is 44.2 Å². The van der Waals surface area contributed by atoms with Gasteiger partial charge >= 0.3 is 0 Å². The predicted molar refractivity (Wildman–Crippen MR) is 96.5 cm³/mol. The van der Waals surface area contributed by atoms with E-state index in [0.717, 1.165) is 12.8 Å². The Morgan fingerprint density at radius 1 is 1.29 bits per heavy atom. The smallest absolute Gasteiger partial charge is 0.260 e. The van der Waals surface area contributed by atoms with Crippen molar-refractivity contribution >= 4 is 11.9 Å². The molecule has 1 N–H and O–H groups in total. The Balaban J connectivity index is 1.35. The lowest BCUT2D eigenvalue weighted by Gasteiger charge is -2.40. The second kappa shape index (κ2) is 7.81. The minimum absolute atomic E-state index is 0.0362. The lowest BCUT2D eigenvalue weighted by Crippen LogP contribution is -2.46. The van der Waals surface area contributed by atoms with Crippen LogP contribution in [0.5, 0.6) is 0 Å². The lowest BCUT2D eigenvalue weighted by molar-refractivity contribution is -0.131. The number of hydrogen-bond donors (Lipinski definition) is 1. The number of nitrogens with one attached hydrogen (secondary N) is 1. The molecule has 0 spiro atoms. The first kappa shape index (κ1) is 18.8. The molecule has 0 aliphatic carbocycles. The molecule has 1 fully saturated rings. The summed E-state index contributed by atoms with van der Waals surface area (Å²) >= 11 is 0. The first-order valence-corrected chi connectivity index (χ1v) is 9.47. The standard InChI is InChI=1S/C19H22F3N5O/c20-14-3-1-2-12(8-14)9-17(28)26-6-4-13(5-7-26)15-10-16(18(21)22)27-19(25-15)23-11-24-27/h1-3,8,11,13,15-16,18H,4-7,9-10H2,(H,23,24,25)/t15-,16+/m0/s1. The van der Waals surface area contributed by atoms with Gasteiger partial charge in [0, 0.05) is 19.1 Å². The van der Waals surface area contributed by atoms with E-state index in [0.29, 0.717) is 24.6 Å². The number of carbonyl (C=O) groups excluding carboxylic acids is 1. The van der Waals surface area contributed by atoms with Crippen LogP contribution in [0.15, 0.2) is 30.6 Å². The van der Waals surface area contributed by atoms with Gasteiger partial charge in [-0.2, -0.15) is 10.1 Å². The first-order valence-electron chi connectivity index (χ1n) is 9.47. The predicted octanol–water partition coefficient (Wildman–Crippen LogP) is 2.89. The molecular formula is C19H22F3N5O. The highest BCUT2D eigenvalue weighted by atomic mass is 19.3. The summed E-state index contributed by atoms with van der Waals surface area (Å²) in [6.45, 7) is 1.14. The topological polar surface area (TPSA) is 63.1 Å². The van der Waals surface area contributed by atoms with Crippen LogP contribution in [-0.4, -0.2) is 51.1 Å². The molecule has 1 saturated heterocycles. The Bertz CT molecular complexity index is 834. The van der Waals surface area contributed by atoms with Gasteiger partial charge in [0.05, 0.1) is 6.42 Å². The normalized spacial score (nSPS) is 22.8. The number of rotatable bonds is 4. The maximum absolute atomic E-state index is 13.4. The Morgan fingerprint density at radius 2 is 2.07 bits per heavy atom. The number of alkyl halides is 2. The fourth-order valence-electron chi connectivity index (χ4n) is 4.19. The Kier molecular flexibility index (Phi) is 5.23. The molecule has 0 saturated carbocycles. The van der Waals surface area contributed by atoms with Crippen LogP contribution in [-0.2, 0) is 11.2 Å². The maximum Gasteiger partial charge on any atom is 0.260 e. The molecule has 2 atom stereocenters. The molecule has 9 heteroatoms. The number of fused-ring (bicyclic) bond motifs is 1. The van der Waals surface area contributed by atoms with Gasteiger partial charge < -0.3 is 10.2 Å². The van der Waals surface area contributed by atoms with E-state index < -0.39 is 12.5 Å². The van der Waals surface area contributed by atoms with Crippen LogP contribution in [0.3, 0.4) is 0 Å². The number of anilines is 1. The number of carbonyl (C=O) groups is 1. The van der Waals surface area contributed by atoms with Gasteiger partial charge in [0.25, 0.3) is 6.43 Å². The van der Waals surface area contributed by atoms with Crippen molar-refractivity contribution in [2.24, 2.45) is 5.92 Å². The molecule has 4 rings (SSSR count). The van der Waals surface area contributed by atoms with Gasteiger partial charge in [0.15, 0.2) is 0 Å². The monoisotopic (exact) mass is 393 g/mol. The zero-order valence-corrected chi connectivity index (χ0v) is 15.3. The quantitative estimate of drug-likeness (QED) is 0.868. The summed E-state index contributed by atoms with van der Waals surface area (Å²) in [5.74, 6) is 0.177. The van der Waals surface area contributed by atoms with Crippen LogP contribution in [0, 0.1) is 11.7 Å². The Hall–Kier alpha value is -2.58. The highest BCUT2D eigenvalue weighted by Crippen LogP contribution is 2.35. The van der Waals surface area contributed by atoms with E-state index in [4.69, 9.17) is 0 Å². The molecule has 0 unspecified atom stereocenters. The van der Waals surface area contributed by atoms with Crippen LogP contribution in [0.2, 0.25) is 0 Å². The fraction of sp³-hybridized carbons (Fsp3) is 0.526. The fourth-order valence-corrected chi connectivity index (χ4v) is 4.19. The molecule has 2 aromatic rings. The summed E-state index contributed by atoms with van der Waals surface area (Å²) < 4.78 is 41.4. The van der Waals surface area contributed by atoms with Crippen LogP contribution in [0.25, 0.3) is 0 Å². The number of likely N-dealkylation sites (tertiary alicyclic amines) is 1. The van der Waals surface area contributed by atoms with Crippen molar-refractivity contribution in [2.75, 3.05) is 18.4 Å². The molecule has 28 heavy (non-hydrogen) atoms. The zero-order valence-electron chi connectivity index (χ0n) is 15.3. The number of hydrogen-bond acceptors (Lipinski definition) is 4. The molecule has 1 amide bonds. The van der Waals surface area contributed by atoms with Gasteiger partial charge in [-0.25, -0.2) is 17.9 Å². The number of halogens is 3. The summed E-state index contributed by atoms with van der Waals surface area (Å²) in [4.78, 5) is 18.3. The van der Waals surface area contributed by atoms with E-state index >= 15 is 0 Å². The van der Waals surface area contributed by atoms with Crippen molar-refractivity contribution in [3.05, 3.63) is 42.0 Å². The number of aromatic nitrogens is 3. The summed E-state index contributed by atoms with van der Waals surface area (Å²) in [5.41, 5.74) is 0.653. The minimum Gasteiger partial charge on any atom is -0.351 e. The van der Waals surface area contributed by atoms with Gasteiger partial charge in [-0.1, -0.05) is 12.1 Å². The average Bonchev–Trinajstić information content (AvgIpc) is 3.16.